The molecular weight excluding hydrogens is 404 g/mol. The van der Waals surface area contributed by atoms with Crippen LogP contribution in [0.25, 0.3) is 21.8 Å². The van der Waals surface area contributed by atoms with Crippen molar-refractivity contribution in [2.24, 2.45) is 0 Å². The number of nitrogens with one attached hydrogen (secondary N) is 1. The number of rotatable bonds is 7. The molecule has 0 radical (unpaired) electrons. The number of carbonyl (C=O) groups is 1. The minimum absolute atomic E-state index is 0.151. The summed E-state index contributed by atoms with van der Waals surface area (Å²) in [6, 6.07) is 11.7. The van der Waals surface area contributed by atoms with Crippen molar-refractivity contribution in [1.29, 1.82) is 0 Å². The molecule has 1 amide bonds. The van der Waals surface area contributed by atoms with Crippen molar-refractivity contribution in [3.8, 4) is 11.6 Å². The van der Waals surface area contributed by atoms with Crippen molar-refractivity contribution in [2.75, 3.05) is 12.8 Å². The first-order valence-corrected chi connectivity index (χ1v) is 11.3. The van der Waals surface area contributed by atoms with Crippen LogP contribution in [0.4, 0.5) is 0 Å². The van der Waals surface area contributed by atoms with Crippen molar-refractivity contribution >= 4 is 39.2 Å². The first-order valence-electron chi connectivity index (χ1n) is 9.25. The lowest BCUT2D eigenvalue weighted by Gasteiger charge is -2.11. The highest BCUT2D eigenvalue weighted by atomic mass is 32.2. The summed E-state index contributed by atoms with van der Waals surface area (Å²) < 4.78 is 6.57. The van der Waals surface area contributed by atoms with Crippen molar-refractivity contribution in [2.45, 2.75) is 24.8 Å². The zero-order chi connectivity index (χ0) is 20.2. The first kappa shape index (κ1) is 19.6. The number of nitrogens with zero attached hydrogens (tertiary/aromatic N) is 3. The van der Waals surface area contributed by atoms with Crippen LogP contribution in [0.2, 0.25) is 0 Å². The van der Waals surface area contributed by atoms with Gasteiger partial charge in [0.2, 0.25) is 0 Å². The SMILES string of the molecule is CSc1nc(-c2ccco2)nc(C)c1C(=O)NCCCc1nc2ccccc2s1. The van der Waals surface area contributed by atoms with Crippen molar-refractivity contribution in [3.63, 3.8) is 0 Å². The number of para-hydroxylation sites is 1. The summed E-state index contributed by atoms with van der Waals surface area (Å²) in [5.41, 5.74) is 2.19. The standard InChI is InChI=1S/C21H20N4O2S2/c1-13-18(21(28-2)25-19(23-13)15-8-6-12-27-15)20(26)22-11-5-10-17-24-14-7-3-4-9-16(14)29-17/h3-4,6-9,12H,5,10-11H2,1-2H3,(H,22,26). The molecule has 0 spiro atoms. The number of hydrogen-bond acceptors (Lipinski definition) is 7. The smallest absolute Gasteiger partial charge is 0.255 e. The molecule has 0 bridgehead atoms. The number of aryl methyl sites for hydroxylation is 2. The summed E-state index contributed by atoms with van der Waals surface area (Å²) in [6.07, 6.45) is 5.14. The number of aromatic nitrogens is 3. The predicted octanol–water partition coefficient (Wildman–Crippen LogP) is 4.74. The lowest BCUT2D eigenvalue weighted by Crippen LogP contribution is -2.27. The summed E-state index contributed by atoms with van der Waals surface area (Å²) >= 11 is 3.13. The van der Waals surface area contributed by atoms with Crippen molar-refractivity contribution in [1.82, 2.24) is 20.3 Å². The maximum atomic E-state index is 12.8. The first-order chi connectivity index (χ1) is 14.2. The number of amides is 1. The maximum Gasteiger partial charge on any atom is 0.255 e. The molecule has 6 nitrogen and oxygen atoms in total. The van der Waals surface area contributed by atoms with Crippen LogP contribution in [-0.4, -0.2) is 33.7 Å². The van der Waals surface area contributed by atoms with E-state index in [2.05, 4.69) is 26.3 Å². The fourth-order valence-electron chi connectivity index (χ4n) is 3.03. The summed E-state index contributed by atoms with van der Waals surface area (Å²) in [4.78, 5) is 26.4. The Morgan fingerprint density at radius 3 is 2.79 bits per heavy atom. The van der Waals surface area contributed by atoms with Crippen LogP contribution in [0, 0.1) is 6.92 Å². The third kappa shape index (κ3) is 4.33. The second-order valence-electron chi connectivity index (χ2n) is 6.43. The molecule has 8 heteroatoms. The number of thiazole rings is 1. The van der Waals surface area contributed by atoms with E-state index in [-0.39, 0.29) is 5.91 Å². The summed E-state index contributed by atoms with van der Waals surface area (Å²) in [6.45, 7) is 2.39. The van der Waals surface area contributed by atoms with E-state index in [1.807, 2.05) is 31.4 Å². The highest BCUT2D eigenvalue weighted by molar-refractivity contribution is 7.98. The predicted molar refractivity (Wildman–Crippen MR) is 117 cm³/mol. The summed E-state index contributed by atoms with van der Waals surface area (Å²) in [5, 5.41) is 4.73. The number of fused-ring (bicyclic) bond motifs is 1. The Morgan fingerprint density at radius 2 is 2.03 bits per heavy atom. The molecule has 148 valence electrons. The van der Waals surface area contributed by atoms with Gasteiger partial charge in [-0.1, -0.05) is 12.1 Å². The molecule has 0 aliphatic heterocycles. The molecule has 0 saturated heterocycles. The highest BCUT2D eigenvalue weighted by Gasteiger charge is 2.19. The van der Waals surface area contributed by atoms with Gasteiger partial charge in [0, 0.05) is 13.0 Å². The van der Waals surface area contributed by atoms with E-state index < -0.39 is 0 Å². The van der Waals surface area contributed by atoms with Gasteiger partial charge in [0.05, 0.1) is 32.7 Å². The highest BCUT2D eigenvalue weighted by Crippen LogP contribution is 2.25. The van der Waals surface area contributed by atoms with Gasteiger partial charge in [0.15, 0.2) is 11.6 Å². The zero-order valence-corrected chi connectivity index (χ0v) is 17.8. The number of benzene rings is 1. The second kappa shape index (κ2) is 8.75. The molecule has 3 heterocycles. The Balaban J connectivity index is 1.40. The molecule has 0 aliphatic carbocycles. The molecule has 0 unspecified atom stereocenters. The number of furan rings is 1. The van der Waals surface area contributed by atoms with Crippen LogP contribution in [0.5, 0.6) is 0 Å². The minimum atomic E-state index is -0.151. The molecule has 3 aromatic heterocycles. The number of thioether (sulfide) groups is 1. The Labute approximate surface area is 176 Å². The zero-order valence-electron chi connectivity index (χ0n) is 16.1. The summed E-state index contributed by atoms with van der Waals surface area (Å²) in [5.74, 6) is 0.928. The van der Waals surface area contributed by atoms with Gasteiger partial charge in [-0.15, -0.1) is 23.1 Å². The molecule has 29 heavy (non-hydrogen) atoms. The quantitative estimate of drug-likeness (QED) is 0.262. The van der Waals surface area contributed by atoms with Crippen LogP contribution >= 0.6 is 23.1 Å². The second-order valence-corrected chi connectivity index (χ2v) is 8.34. The van der Waals surface area contributed by atoms with E-state index in [0.717, 1.165) is 23.4 Å². The van der Waals surface area contributed by atoms with Gasteiger partial charge in [-0.05, 0) is 43.9 Å². The van der Waals surface area contributed by atoms with E-state index in [9.17, 15) is 4.79 Å². The van der Waals surface area contributed by atoms with Gasteiger partial charge >= 0.3 is 0 Å². The fraction of sp³-hybridized carbons (Fsp3) is 0.238. The number of carbonyl (C=O) groups excluding carboxylic acids is 1. The Hall–Kier alpha value is -2.71. The number of hydrogen-bond donors (Lipinski definition) is 1. The topological polar surface area (TPSA) is 80.9 Å². The maximum absolute atomic E-state index is 12.8. The average Bonchev–Trinajstić information content (AvgIpc) is 3.39. The van der Waals surface area contributed by atoms with Gasteiger partial charge in [-0.3, -0.25) is 4.79 Å². The summed E-state index contributed by atoms with van der Waals surface area (Å²) in [7, 11) is 0. The lowest BCUT2D eigenvalue weighted by molar-refractivity contribution is 0.0948. The monoisotopic (exact) mass is 424 g/mol. The largest absolute Gasteiger partial charge is 0.461 e. The third-order valence-electron chi connectivity index (χ3n) is 4.41. The van der Waals surface area contributed by atoms with Gasteiger partial charge in [-0.2, -0.15) is 0 Å². The molecule has 4 rings (SSSR count). The Morgan fingerprint density at radius 1 is 1.17 bits per heavy atom. The van der Waals surface area contributed by atoms with Gasteiger partial charge in [-0.25, -0.2) is 15.0 Å². The third-order valence-corrected chi connectivity index (χ3v) is 6.19. The van der Waals surface area contributed by atoms with Gasteiger partial charge < -0.3 is 9.73 Å². The van der Waals surface area contributed by atoms with Crippen LogP contribution in [0.3, 0.4) is 0 Å². The van der Waals surface area contributed by atoms with Crippen molar-refractivity contribution in [3.05, 3.63) is 58.9 Å². The molecule has 4 aromatic rings. The van der Waals surface area contributed by atoms with E-state index in [4.69, 9.17) is 4.42 Å². The molecule has 0 fully saturated rings. The van der Waals surface area contributed by atoms with E-state index in [1.165, 1.54) is 16.5 Å². The van der Waals surface area contributed by atoms with Gasteiger partial charge in [0.25, 0.3) is 5.91 Å². The van der Waals surface area contributed by atoms with Crippen LogP contribution in [0.1, 0.15) is 27.5 Å². The molecule has 0 atom stereocenters. The Bertz CT molecular complexity index is 1110. The van der Waals surface area contributed by atoms with Gasteiger partial charge in [0.1, 0.15) is 5.03 Å². The van der Waals surface area contributed by atoms with Crippen molar-refractivity contribution < 1.29 is 9.21 Å². The lowest BCUT2D eigenvalue weighted by atomic mass is 10.2. The fourth-order valence-corrected chi connectivity index (χ4v) is 4.66. The molecule has 0 saturated carbocycles. The van der Waals surface area contributed by atoms with E-state index >= 15 is 0 Å². The van der Waals surface area contributed by atoms with Crippen LogP contribution in [0.15, 0.2) is 52.1 Å². The van der Waals surface area contributed by atoms with E-state index in [0.29, 0.717) is 34.4 Å². The average molecular weight is 425 g/mol. The van der Waals surface area contributed by atoms with E-state index in [1.54, 1.807) is 29.7 Å². The minimum Gasteiger partial charge on any atom is -0.461 e. The Kier molecular flexibility index (Phi) is 5.92. The van der Waals surface area contributed by atoms with Crippen LogP contribution in [-0.2, 0) is 6.42 Å². The molecular formula is C21H20N4O2S2. The normalized spacial score (nSPS) is 11.1. The molecule has 0 aliphatic rings. The molecule has 1 aromatic carbocycles. The van der Waals surface area contributed by atoms with Crippen LogP contribution < -0.4 is 5.32 Å². The molecule has 1 N–H and O–H groups in total.